The summed E-state index contributed by atoms with van der Waals surface area (Å²) in [4.78, 5) is 58.6. The molecule has 0 aromatic heterocycles. The molecule has 9 nitrogen and oxygen atoms in total. The quantitative estimate of drug-likeness (QED) is 0.360. The van der Waals surface area contributed by atoms with Crippen LogP contribution < -0.4 is 16.0 Å². The smallest absolute Gasteiger partial charge is 0.325 e. The minimum Gasteiger partial charge on any atom is -0.456 e. The number of anilines is 1. The normalized spacial score (nSPS) is 10.2. The van der Waals surface area contributed by atoms with Crippen LogP contribution in [0.2, 0.25) is 10.0 Å². The van der Waals surface area contributed by atoms with Crippen molar-refractivity contribution in [1.29, 1.82) is 0 Å². The molecule has 0 bridgehead atoms. The summed E-state index contributed by atoms with van der Waals surface area (Å²) in [6.45, 7) is -0.529. The molecule has 0 aliphatic heterocycles. The average Bonchev–Trinajstić information content (AvgIpc) is 2.74. The topological polar surface area (TPSA) is 131 Å². The van der Waals surface area contributed by atoms with Crippen LogP contribution in [-0.2, 0) is 19.1 Å². The molecule has 0 saturated carbocycles. The molecule has 2 rings (SSSR count). The second-order valence-corrected chi connectivity index (χ2v) is 7.39. The first-order valence-electron chi connectivity index (χ1n) is 9.32. The van der Waals surface area contributed by atoms with Crippen molar-refractivity contribution in [1.82, 2.24) is 10.6 Å². The van der Waals surface area contributed by atoms with Gasteiger partial charge >= 0.3 is 5.97 Å². The maximum atomic E-state index is 14.0. The third kappa shape index (κ3) is 8.17. The van der Waals surface area contributed by atoms with E-state index in [1.165, 1.54) is 31.2 Å². The molecule has 0 saturated heterocycles. The number of rotatable bonds is 9. The zero-order chi connectivity index (χ0) is 24.5. The number of nitrogens with one attached hydrogen (secondary N) is 3. The Bertz CT molecular complexity index is 1110. The molecule has 2 aromatic carbocycles. The van der Waals surface area contributed by atoms with Gasteiger partial charge in [-0.25, -0.2) is 4.39 Å². The Balaban J connectivity index is 1.75. The Morgan fingerprint density at radius 2 is 1.64 bits per heavy atom. The Morgan fingerprint density at radius 1 is 0.939 bits per heavy atom. The number of ketones is 1. The van der Waals surface area contributed by atoms with Crippen molar-refractivity contribution < 1.29 is 33.1 Å². The van der Waals surface area contributed by atoms with E-state index in [9.17, 15) is 28.4 Å². The molecule has 0 unspecified atom stereocenters. The second kappa shape index (κ2) is 11.9. The van der Waals surface area contributed by atoms with Crippen LogP contribution in [0.25, 0.3) is 0 Å². The second-order valence-electron chi connectivity index (χ2n) is 6.54. The zero-order valence-electron chi connectivity index (χ0n) is 17.2. The van der Waals surface area contributed by atoms with Gasteiger partial charge in [-0.05, 0) is 36.4 Å². The molecule has 0 spiro atoms. The number of amides is 3. The molecule has 33 heavy (non-hydrogen) atoms. The highest BCUT2D eigenvalue weighted by molar-refractivity contribution is 6.36. The molecular formula is C21H18Cl2FN3O6. The molecule has 12 heteroatoms. The van der Waals surface area contributed by atoms with E-state index >= 15 is 0 Å². The summed E-state index contributed by atoms with van der Waals surface area (Å²) in [5.74, 6) is -4.37. The van der Waals surface area contributed by atoms with Crippen molar-refractivity contribution in [3.8, 4) is 0 Å². The SMILES string of the molecule is CC(=O)Nc1ccc(C(=O)COC(=O)CNC(=O)CNC(=O)c2ccc(Cl)cc2Cl)c(F)c1. The molecule has 0 aliphatic carbocycles. The molecule has 3 amide bonds. The Morgan fingerprint density at radius 3 is 2.27 bits per heavy atom. The fourth-order valence-corrected chi connectivity index (χ4v) is 2.95. The van der Waals surface area contributed by atoms with Crippen molar-refractivity contribution in [3.05, 3.63) is 63.4 Å². The largest absolute Gasteiger partial charge is 0.456 e. The van der Waals surface area contributed by atoms with Crippen molar-refractivity contribution in [2.45, 2.75) is 6.92 Å². The first-order valence-corrected chi connectivity index (χ1v) is 10.1. The standard InChI is InChI=1S/C21H18Cl2FN3O6/c1-11(28)27-13-3-5-15(17(24)7-13)18(29)10-33-20(31)9-25-19(30)8-26-21(32)14-4-2-12(22)6-16(14)23/h2-7H,8-10H2,1H3,(H,25,30)(H,26,32)(H,27,28). The molecule has 2 aromatic rings. The lowest BCUT2D eigenvalue weighted by Crippen LogP contribution is -2.39. The summed E-state index contributed by atoms with van der Waals surface area (Å²) in [6.07, 6.45) is 0. The van der Waals surface area contributed by atoms with Crippen molar-refractivity contribution >= 4 is 58.4 Å². The lowest BCUT2D eigenvalue weighted by molar-refractivity contribution is -0.142. The van der Waals surface area contributed by atoms with Gasteiger partial charge in [-0.2, -0.15) is 0 Å². The Hall–Kier alpha value is -3.50. The molecule has 3 N–H and O–H groups in total. The summed E-state index contributed by atoms with van der Waals surface area (Å²) in [5, 5.41) is 7.35. The van der Waals surface area contributed by atoms with Gasteiger partial charge in [0.2, 0.25) is 17.6 Å². The van der Waals surface area contributed by atoms with Crippen LogP contribution in [0.1, 0.15) is 27.6 Å². The fourth-order valence-electron chi connectivity index (χ4n) is 2.46. The monoisotopic (exact) mass is 497 g/mol. The number of Topliss-reactive ketones (excluding diaryl/α,β-unsaturated/α-hetero) is 1. The summed E-state index contributed by atoms with van der Waals surface area (Å²) in [7, 11) is 0. The number of esters is 1. The van der Waals surface area contributed by atoms with Crippen LogP contribution in [0.5, 0.6) is 0 Å². The Kier molecular flexibility index (Phi) is 9.31. The molecule has 0 radical (unpaired) electrons. The van der Waals surface area contributed by atoms with Crippen LogP contribution in [0.4, 0.5) is 10.1 Å². The number of hydrogen-bond donors (Lipinski definition) is 3. The fraction of sp³-hybridized carbons (Fsp3) is 0.190. The van der Waals surface area contributed by atoms with Crippen molar-refractivity contribution in [2.24, 2.45) is 0 Å². The average molecular weight is 498 g/mol. The molecule has 174 valence electrons. The summed E-state index contributed by atoms with van der Waals surface area (Å²) < 4.78 is 18.8. The number of hydrogen-bond acceptors (Lipinski definition) is 6. The highest BCUT2D eigenvalue weighted by Gasteiger charge is 2.16. The molecular weight excluding hydrogens is 480 g/mol. The van der Waals surface area contributed by atoms with E-state index in [1.54, 1.807) is 0 Å². The lowest BCUT2D eigenvalue weighted by atomic mass is 10.1. The number of carbonyl (C=O) groups excluding carboxylic acids is 5. The highest BCUT2D eigenvalue weighted by atomic mass is 35.5. The van der Waals surface area contributed by atoms with Crippen molar-refractivity contribution in [3.63, 3.8) is 0 Å². The number of carbonyl (C=O) groups is 5. The van der Waals surface area contributed by atoms with Crippen LogP contribution in [0.3, 0.4) is 0 Å². The van der Waals surface area contributed by atoms with E-state index < -0.39 is 55.0 Å². The van der Waals surface area contributed by atoms with Gasteiger partial charge in [-0.15, -0.1) is 0 Å². The maximum absolute atomic E-state index is 14.0. The van der Waals surface area contributed by atoms with Crippen molar-refractivity contribution in [2.75, 3.05) is 25.0 Å². The van der Waals surface area contributed by atoms with Gasteiger partial charge in [0.1, 0.15) is 12.4 Å². The van der Waals surface area contributed by atoms with Gasteiger partial charge in [-0.3, -0.25) is 24.0 Å². The highest BCUT2D eigenvalue weighted by Crippen LogP contribution is 2.20. The van der Waals surface area contributed by atoms with Crippen LogP contribution in [0, 0.1) is 5.82 Å². The number of benzene rings is 2. The van der Waals surface area contributed by atoms with E-state index in [0.29, 0.717) is 5.02 Å². The van der Waals surface area contributed by atoms with Gasteiger partial charge in [0.05, 0.1) is 22.7 Å². The molecule has 0 fully saturated rings. The summed E-state index contributed by atoms with van der Waals surface area (Å²) in [5.41, 5.74) is -0.0460. The molecule has 0 aliphatic rings. The van der Waals surface area contributed by atoms with E-state index in [0.717, 1.165) is 12.1 Å². The minimum atomic E-state index is -0.945. The van der Waals surface area contributed by atoms with E-state index in [1.807, 2.05) is 0 Å². The third-order valence-electron chi connectivity index (χ3n) is 3.97. The van der Waals surface area contributed by atoms with E-state index in [4.69, 9.17) is 27.9 Å². The van der Waals surface area contributed by atoms with E-state index in [-0.39, 0.29) is 21.8 Å². The predicted octanol–water partition coefficient (Wildman–Crippen LogP) is 2.36. The maximum Gasteiger partial charge on any atom is 0.325 e. The minimum absolute atomic E-state index is 0.106. The summed E-state index contributed by atoms with van der Waals surface area (Å²) >= 11 is 11.7. The van der Waals surface area contributed by atoms with Gasteiger partial charge in [0, 0.05) is 17.6 Å². The third-order valence-corrected chi connectivity index (χ3v) is 4.52. The molecule has 0 heterocycles. The first-order chi connectivity index (χ1) is 15.6. The zero-order valence-corrected chi connectivity index (χ0v) is 18.7. The summed E-state index contributed by atoms with van der Waals surface area (Å²) in [6, 6.07) is 7.66. The number of ether oxygens (including phenoxy) is 1. The van der Waals surface area contributed by atoms with Gasteiger partial charge < -0.3 is 20.7 Å². The van der Waals surface area contributed by atoms with E-state index in [2.05, 4.69) is 16.0 Å². The molecule has 0 atom stereocenters. The van der Waals surface area contributed by atoms with Crippen LogP contribution in [-0.4, -0.2) is 49.2 Å². The lowest BCUT2D eigenvalue weighted by Gasteiger charge is -2.09. The number of halogens is 3. The first kappa shape index (κ1) is 25.8. The van der Waals surface area contributed by atoms with Gasteiger partial charge in [0.25, 0.3) is 5.91 Å². The Labute approximate surface area is 197 Å². The van der Waals surface area contributed by atoms with Gasteiger partial charge in [-0.1, -0.05) is 23.2 Å². The van der Waals surface area contributed by atoms with Crippen LogP contribution in [0.15, 0.2) is 36.4 Å². The van der Waals surface area contributed by atoms with Gasteiger partial charge in [0.15, 0.2) is 6.61 Å². The van der Waals surface area contributed by atoms with Crippen LogP contribution >= 0.6 is 23.2 Å². The predicted molar refractivity (Wildman–Crippen MR) is 118 cm³/mol.